The highest BCUT2D eigenvalue weighted by molar-refractivity contribution is 8.00. The normalized spacial score (nSPS) is 10.3. The molecule has 5 nitrogen and oxygen atoms in total. The second-order valence-corrected chi connectivity index (χ2v) is 8.42. The second-order valence-electron chi connectivity index (χ2n) is 6.49. The van der Waals surface area contributed by atoms with E-state index in [0.717, 1.165) is 28.1 Å². The first-order valence-corrected chi connectivity index (χ1v) is 11.4. The van der Waals surface area contributed by atoms with Gasteiger partial charge in [0.15, 0.2) is 0 Å². The summed E-state index contributed by atoms with van der Waals surface area (Å²) in [6.07, 6.45) is 1.27. The average Bonchev–Trinajstić information content (AvgIpc) is 3.15. The summed E-state index contributed by atoms with van der Waals surface area (Å²) in [7, 11) is 0. The molecular weight excluding hydrogens is 414 g/mol. The summed E-state index contributed by atoms with van der Waals surface area (Å²) in [5, 5.41) is 17.7. The number of carbonyl (C=O) groups excluding carboxylic acids is 2. The Morgan fingerprint density at radius 3 is 2.60 bits per heavy atom. The molecule has 0 aliphatic rings. The van der Waals surface area contributed by atoms with Gasteiger partial charge in [-0.05, 0) is 30.2 Å². The number of thioether (sulfide) groups is 1. The van der Waals surface area contributed by atoms with Crippen molar-refractivity contribution in [3.8, 4) is 17.2 Å². The van der Waals surface area contributed by atoms with E-state index in [4.69, 9.17) is 0 Å². The number of anilines is 2. The van der Waals surface area contributed by atoms with Crippen LogP contribution in [-0.4, -0.2) is 17.6 Å². The first-order valence-electron chi connectivity index (χ1n) is 9.50. The van der Waals surface area contributed by atoms with E-state index in [1.807, 2.05) is 66.9 Å². The van der Waals surface area contributed by atoms with Gasteiger partial charge in [0.2, 0.25) is 11.8 Å². The third kappa shape index (κ3) is 5.72. The number of hydrogen-bond acceptors (Lipinski definition) is 5. The predicted molar refractivity (Wildman–Crippen MR) is 124 cm³/mol. The molecule has 0 spiro atoms. The fourth-order valence-corrected chi connectivity index (χ4v) is 4.51. The van der Waals surface area contributed by atoms with Crippen molar-refractivity contribution >= 4 is 45.6 Å². The van der Waals surface area contributed by atoms with Crippen LogP contribution in [0.2, 0.25) is 0 Å². The second kappa shape index (κ2) is 10.6. The fourth-order valence-electron chi connectivity index (χ4n) is 2.82. The summed E-state index contributed by atoms with van der Waals surface area (Å²) in [5.74, 6) is 0.00206. The van der Waals surface area contributed by atoms with E-state index in [-0.39, 0.29) is 17.6 Å². The largest absolute Gasteiger partial charge is 0.326 e. The van der Waals surface area contributed by atoms with Crippen LogP contribution in [0.4, 0.5) is 10.7 Å². The molecule has 3 rings (SSSR count). The highest BCUT2D eigenvalue weighted by Gasteiger charge is 2.15. The Balaban J connectivity index is 1.61. The van der Waals surface area contributed by atoms with Crippen molar-refractivity contribution < 1.29 is 9.59 Å². The average molecular weight is 436 g/mol. The highest BCUT2D eigenvalue weighted by atomic mass is 32.2. The Hall–Kier alpha value is -3.08. The van der Waals surface area contributed by atoms with E-state index in [1.165, 1.54) is 23.1 Å². The minimum Gasteiger partial charge on any atom is -0.326 e. The standard InChI is InChI=1S/C23H21N3O2S2/c1-2-7-21(27)25-17-10-6-11-18(12-17)29-15-22(28)26-23-19(13-24)20(14-30-23)16-8-4-3-5-9-16/h3-6,8-12,14H,2,7,15H2,1H3,(H,25,27)(H,26,28). The summed E-state index contributed by atoms with van der Waals surface area (Å²) >= 11 is 2.73. The minimum atomic E-state index is -0.182. The monoisotopic (exact) mass is 435 g/mol. The fraction of sp³-hybridized carbons (Fsp3) is 0.174. The number of benzene rings is 2. The zero-order chi connectivity index (χ0) is 21.3. The van der Waals surface area contributed by atoms with Gasteiger partial charge in [-0.15, -0.1) is 23.1 Å². The van der Waals surface area contributed by atoms with Gasteiger partial charge in [0.05, 0.1) is 11.3 Å². The minimum absolute atomic E-state index is 0.0201. The number of rotatable bonds is 8. The molecule has 0 aliphatic heterocycles. The lowest BCUT2D eigenvalue weighted by atomic mass is 10.1. The van der Waals surface area contributed by atoms with Crippen molar-refractivity contribution in [1.29, 1.82) is 5.26 Å². The number of nitrogens with zero attached hydrogens (tertiary/aromatic N) is 1. The van der Waals surface area contributed by atoms with Crippen LogP contribution >= 0.6 is 23.1 Å². The van der Waals surface area contributed by atoms with Crippen molar-refractivity contribution in [3.05, 3.63) is 65.5 Å². The number of carbonyl (C=O) groups is 2. The van der Waals surface area contributed by atoms with E-state index in [9.17, 15) is 14.9 Å². The molecule has 152 valence electrons. The molecule has 30 heavy (non-hydrogen) atoms. The predicted octanol–water partition coefficient (Wildman–Crippen LogP) is 5.76. The topological polar surface area (TPSA) is 82.0 Å². The van der Waals surface area contributed by atoms with Crippen LogP contribution in [0.5, 0.6) is 0 Å². The Morgan fingerprint density at radius 2 is 1.87 bits per heavy atom. The van der Waals surface area contributed by atoms with E-state index < -0.39 is 0 Å². The van der Waals surface area contributed by atoms with Gasteiger partial charge in [-0.25, -0.2) is 0 Å². The smallest absolute Gasteiger partial charge is 0.235 e. The number of nitriles is 1. The van der Waals surface area contributed by atoms with E-state index >= 15 is 0 Å². The molecule has 7 heteroatoms. The molecule has 0 atom stereocenters. The number of hydrogen-bond donors (Lipinski definition) is 2. The lowest BCUT2D eigenvalue weighted by molar-refractivity contribution is -0.116. The van der Waals surface area contributed by atoms with Gasteiger partial charge < -0.3 is 10.6 Å². The molecule has 1 heterocycles. The van der Waals surface area contributed by atoms with Crippen molar-refractivity contribution in [2.75, 3.05) is 16.4 Å². The molecular formula is C23H21N3O2S2. The van der Waals surface area contributed by atoms with Crippen molar-refractivity contribution in [1.82, 2.24) is 0 Å². The SMILES string of the molecule is CCCC(=O)Nc1cccc(SCC(=O)Nc2scc(-c3ccccc3)c2C#N)c1. The van der Waals surface area contributed by atoms with Gasteiger partial charge >= 0.3 is 0 Å². The molecule has 3 aromatic rings. The summed E-state index contributed by atoms with van der Waals surface area (Å²) in [5.41, 5.74) is 2.96. The maximum absolute atomic E-state index is 12.4. The zero-order valence-electron chi connectivity index (χ0n) is 16.5. The van der Waals surface area contributed by atoms with Crippen LogP contribution in [0.1, 0.15) is 25.3 Å². The van der Waals surface area contributed by atoms with Gasteiger partial charge in [0, 0.05) is 27.9 Å². The molecule has 2 amide bonds. The Morgan fingerprint density at radius 1 is 1.07 bits per heavy atom. The van der Waals surface area contributed by atoms with Crippen LogP contribution in [-0.2, 0) is 9.59 Å². The number of nitrogens with one attached hydrogen (secondary N) is 2. The molecule has 0 fully saturated rings. The van der Waals surface area contributed by atoms with Gasteiger partial charge in [0.25, 0.3) is 0 Å². The van der Waals surface area contributed by atoms with E-state index in [0.29, 0.717) is 17.0 Å². The molecule has 2 N–H and O–H groups in total. The summed E-state index contributed by atoms with van der Waals surface area (Å²) in [4.78, 5) is 25.1. The molecule has 2 aromatic carbocycles. The summed E-state index contributed by atoms with van der Waals surface area (Å²) < 4.78 is 0. The maximum atomic E-state index is 12.4. The summed E-state index contributed by atoms with van der Waals surface area (Å²) in [6.45, 7) is 1.96. The Labute approximate surface area is 184 Å². The van der Waals surface area contributed by atoms with Crippen molar-refractivity contribution in [2.24, 2.45) is 0 Å². The van der Waals surface area contributed by atoms with Crippen molar-refractivity contribution in [3.63, 3.8) is 0 Å². The van der Waals surface area contributed by atoms with Gasteiger partial charge in [0.1, 0.15) is 11.1 Å². The van der Waals surface area contributed by atoms with E-state index in [2.05, 4.69) is 16.7 Å². The van der Waals surface area contributed by atoms with Gasteiger partial charge in [-0.1, -0.05) is 43.3 Å². The van der Waals surface area contributed by atoms with Gasteiger partial charge in [-0.3, -0.25) is 9.59 Å². The highest BCUT2D eigenvalue weighted by Crippen LogP contribution is 2.35. The van der Waals surface area contributed by atoms with Crippen LogP contribution in [0.25, 0.3) is 11.1 Å². The quantitative estimate of drug-likeness (QED) is 0.441. The zero-order valence-corrected chi connectivity index (χ0v) is 18.1. The Bertz CT molecular complexity index is 1070. The molecule has 0 radical (unpaired) electrons. The van der Waals surface area contributed by atoms with Crippen LogP contribution in [0.3, 0.4) is 0 Å². The first-order chi connectivity index (χ1) is 14.6. The van der Waals surface area contributed by atoms with Gasteiger partial charge in [-0.2, -0.15) is 5.26 Å². The maximum Gasteiger partial charge on any atom is 0.235 e. The molecule has 1 aromatic heterocycles. The van der Waals surface area contributed by atoms with Crippen LogP contribution in [0.15, 0.2) is 64.9 Å². The lowest BCUT2D eigenvalue weighted by Gasteiger charge is -2.07. The summed E-state index contributed by atoms with van der Waals surface area (Å²) in [6, 6.07) is 19.3. The van der Waals surface area contributed by atoms with E-state index in [1.54, 1.807) is 0 Å². The van der Waals surface area contributed by atoms with Crippen LogP contribution < -0.4 is 10.6 Å². The third-order valence-electron chi connectivity index (χ3n) is 4.21. The number of thiophene rings is 1. The number of amides is 2. The Kier molecular flexibility index (Phi) is 7.66. The van der Waals surface area contributed by atoms with Crippen molar-refractivity contribution in [2.45, 2.75) is 24.7 Å². The molecule has 0 unspecified atom stereocenters. The molecule has 0 bridgehead atoms. The third-order valence-corrected chi connectivity index (χ3v) is 6.09. The molecule has 0 aliphatic carbocycles. The lowest BCUT2D eigenvalue weighted by Crippen LogP contribution is -2.14. The molecule has 0 saturated heterocycles. The first kappa shape index (κ1) is 21.6. The molecule has 0 saturated carbocycles. The van der Waals surface area contributed by atoms with Crippen LogP contribution in [0, 0.1) is 11.3 Å².